The summed E-state index contributed by atoms with van der Waals surface area (Å²) < 4.78 is 46.9. The zero-order chi connectivity index (χ0) is 20.5. The molecule has 0 bridgehead atoms. The maximum atomic E-state index is 13.8. The molecule has 0 unspecified atom stereocenters. The van der Waals surface area contributed by atoms with Crippen molar-refractivity contribution < 1.29 is 27.8 Å². The number of aliphatic hydroxyl groups excluding tert-OH is 1. The molecule has 0 spiro atoms. The van der Waals surface area contributed by atoms with Crippen LogP contribution in [0.4, 0.5) is 10.1 Å². The third-order valence-electron chi connectivity index (χ3n) is 4.47. The Morgan fingerprint density at radius 3 is 2.68 bits per heavy atom. The van der Waals surface area contributed by atoms with Gasteiger partial charge in [0.15, 0.2) is 0 Å². The minimum atomic E-state index is -3.93. The topological polar surface area (TPSA) is 91.4 Å². The van der Waals surface area contributed by atoms with Crippen molar-refractivity contribution in [1.82, 2.24) is 4.31 Å². The Morgan fingerprint density at radius 2 is 2.07 bits per heavy atom. The van der Waals surface area contributed by atoms with E-state index in [1.165, 1.54) is 18.2 Å². The van der Waals surface area contributed by atoms with Crippen molar-refractivity contribution in [2.24, 2.45) is 0 Å². The summed E-state index contributed by atoms with van der Waals surface area (Å²) in [6, 6.07) is 9.99. The van der Waals surface area contributed by atoms with Crippen LogP contribution >= 0.6 is 22.6 Å². The van der Waals surface area contributed by atoms with Gasteiger partial charge in [0.2, 0.25) is 15.7 Å². The van der Waals surface area contributed by atoms with Gasteiger partial charge >= 0.3 is 0 Å². The molecule has 0 aromatic heterocycles. The van der Waals surface area contributed by atoms with Gasteiger partial charge in [0.1, 0.15) is 23.3 Å². The zero-order valence-corrected chi connectivity index (χ0v) is 17.4. The molecular weight excluding hydrogens is 502 g/mol. The lowest BCUT2D eigenvalue weighted by molar-refractivity contribution is -0.0641. The number of hydrogen-bond acceptors (Lipinski definition) is 5. The number of aliphatic hydroxyl groups is 2. The Balaban J connectivity index is 1.89. The van der Waals surface area contributed by atoms with Crippen LogP contribution in [0.1, 0.15) is 0 Å². The number of sulfonamides is 1. The summed E-state index contributed by atoms with van der Waals surface area (Å²) in [6.07, 6.45) is -1.12. The molecule has 7 nitrogen and oxygen atoms in total. The second-order valence-electron chi connectivity index (χ2n) is 6.32. The van der Waals surface area contributed by atoms with E-state index in [0.29, 0.717) is 3.57 Å². The first-order valence-electron chi connectivity index (χ1n) is 8.13. The molecule has 1 aliphatic rings. The molecule has 0 amide bonds. The molecule has 2 atom stereocenters. The van der Waals surface area contributed by atoms with E-state index in [4.69, 9.17) is 11.3 Å². The molecule has 0 radical (unpaired) electrons. The first kappa shape index (κ1) is 20.9. The summed E-state index contributed by atoms with van der Waals surface area (Å²) in [7, 11) is -3.93. The second kappa shape index (κ2) is 7.92. The molecule has 1 saturated heterocycles. The maximum absolute atomic E-state index is 13.8. The van der Waals surface area contributed by atoms with E-state index in [1.54, 1.807) is 18.2 Å². The molecule has 3 rings (SSSR count). The fourth-order valence-corrected chi connectivity index (χ4v) is 5.71. The molecule has 2 aromatic rings. The number of halogens is 2. The van der Waals surface area contributed by atoms with Crippen LogP contribution in [-0.4, -0.2) is 54.3 Å². The molecule has 1 fully saturated rings. The van der Waals surface area contributed by atoms with Crippen LogP contribution in [0.15, 0.2) is 47.4 Å². The van der Waals surface area contributed by atoms with Gasteiger partial charge in [-0.2, -0.15) is 4.31 Å². The van der Waals surface area contributed by atoms with Crippen molar-refractivity contribution in [1.29, 1.82) is 0 Å². The molecule has 0 saturated carbocycles. The van der Waals surface area contributed by atoms with Crippen LogP contribution in [-0.2, 0) is 10.0 Å². The van der Waals surface area contributed by atoms with Crippen molar-refractivity contribution in [3.05, 3.63) is 63.3 Å². The van der Waals surface area contributed by atoms with Gasteiger partial charge in [0.05, 0.1) is 24.6 Å². The molecule has 10 heteroatoms. The van der Waals surface area contributed by atoms with E-state index in [1.807, 2.05) is 22.6 Å². The molecule has 28 heavy (non-hydrogen) atoms. The zero-order valence-electron chi connectivity index (χ0n) is 14.4. The number of nitrogens with zero attached hydrogens (tertiary/aromatic N) is 2. The molecule has 1 aliphatic heterocycles. The minimum Gasteiger partial charge on any atom is -0.486 e. The second-order valence-corrected chi connectivity index (χ2v) is 9.39. The summed E-state index contributed by atoms with van der Waals surface area (Å²) in [4.78, 5) is 3.10. The first-order valence-corrected chi connectivity index (χ1v) is 10.6. The molecule has 1 heterocycles. The van der Waals surface area contributed by atoms with Gasteiger partial charge in [-0.05, 0) is 46.9 Å². The molecule has 0 aliphatic carbocycles. The number of benzene rings is 2. The third-order valence-corrected chi connectivity index (χ3v) is 7.64. The van der Waals surface area contributed by atoms with Gasteiger partial charge in [-0.25, -0.2) is 17.7 Å². The third kappa shape index (κ3) is 3.85. The standard InChI is InChI=1S/C18H16FIN2O5S/c1-21-15-7-6-12(8-13(15)19)27-17-9-22(10-18(17,24)11-23)28(25,26)16-5-3-2-4-14(16)20/h2-8,17,23-24H,9-11H2/t17-,18+/m0/s1. The van der Waals surface area contributed by atoms with E-state index in [0.717, 1.165) is 10.4 Å². The number of hydrogen-bond donors (Lipinski definition) is 2. The van der Waals surface area contributed by atoms with Crippen molar-refractivity contribution in [2.75, 3.05) is 19.7 Å². The lowest BCUT2D eigenvalue weighted by atomic mass is 10.0. The van der Waals surface area contributed by atoms with Gasteiger partial charge in [-0.15, -0.1) is 0 Å². The van der Waals surface area contributed by atoms with E-state index in [2.05, 4.69) is 4.85 Å². The Labute approximate surface area is 175 Å². The minimum absolute atomic E-state index is 0.0234. The quantitative estimate of drug-likeness (QED) is 0.468. The van der Waals surface area contributed by atoms with Crippen LogP contribution in [0.3, 0.4) is 0 Å². The van der Waals surface area contributed by atoms with E-state index < -0.39 is 34.2 Å². The Bertz CT molecular complexity index is 1040. The lowest BCUT2D eigenvalue weighted by Crippen LogP contribution is -2.48. The number of rotatable bonds is 5. The largest absolute Gasteiger partial charge is 0.486 e. The predicted octanol–water partition coefficient (Wildman–Crippen LogP) is 2.16. The van der Waals surface area contributed by atoms with Gasteiger partial charge < -0.3 is 14.9 Å². The monoisotopic (exact) mass is 518 g/mol. The van der Waals surface area contributed by atoms with Crippen LogP contribution in [0.5, 0.6) is 5.75 Å². The molecular formula is C18H16FIN2O5S. The van der Waals surface area contributed by atoms with Crippen LogP contribution in [0, 0.1) is 16.0 Å². The van der Waals surface area contributed by atoms with Gasteiger partial charge in [-0.3, -0.25) is 0 Å². The fraction of sp³-hybridized carbons (Fsp3) is 0.278. The summed E-state index contributed by atoms with van der Waals surface area (Å²) in [6.45, 7) is 5.53. The SMILES string of the molecule is [C-]#[N+]c1ccc(O[C@H]2CN(S(=O)(=O)c3ccccc3I)C[C@@]2(O)CO)cc1F. The van der Waals surface area contributed by atoms with Crippen LogP contribution in [0.25, 0.3) is 4.85 Å². The van der Waals surface area contributed by atoms with E-state index in [-0.39, 0.29) is 29.4 Å². The van der Waals surface area contributed by atoms with Crippen molar-refractivity contribution in [3.63, 3.8) is 0 Å². The van der Waals surface area contributed by atoms with Crippen LogP contribution < -0.4 is 4.74 Å². The first-order chi connectivity index (χ1) is 13.2. The number of β-amino-alcohol motifs (C(OH)–C–C–N with tert-alkyl or cyclic N) is 1. The van der Waals surface area contributed by atoms with Gasteiger partial charge in [0, 0.05) is 16.2 Å². The average Bonchev–Trinajstić information content (AvgIpc) is 3.00. The lowest BCUT2D eigenvalue weighted by Gasteiger charge is -2.27. The van der Waals surface area contributed by atoms with Crippen molar-refractivity contribution in [2.45, 2.75) is 16.6 Å². The fourth-order valence-electron chi connectivity index (χ4n) is 2.92. The summed E-state index contributed by atoms with van der Waals surface area (Å²) in [5.41, 5.74) is -2.04. The van der Waals surface area contributed by atoms with Gasteiger partial charge in [-0.1, -0.05) is 12.1 Å². The number of ether oxygens (including phenoxy) is 1. The van der Waals surface area contributed by atoms with Crippen molar-refractivity contribution in [3.8, 4) is 5.75 Å². The van der Waals surface area contributed by atoms with E-state index in [9.17, 15) is 23.0 Å². The molecule has 2 aromatic carbocycles. The Morgan fingerprint density at radius 1 is 1.36 bits per heavy atom. The average molecular weight is 518 g/mol. The summed E-state index contributed by atoms with van der Waals surface area (Å²) in [5.74, 6) is -0.767. The summed E-state index contributed by atoms with van der Waals surface area (Å²) >= 11 is 1.91. The van der Waals surface area contributed by atoms with Crippen LogP contribution in [0.2, 0.25) is 0 Å². The van der Waals surface area contributed by atoms with Gasteiger partial charge in [0.25, 0.3) is 0 Å². The highest BCUT2D eigenvalue weighted by molar-refractivity contribution is 14.1. The van der Waals surface area contributed by atoms with E-state index >= 15 is 0 Å². The highest BCUT2D eigenvalue weighted by atomic mass is 127. The normalized spacial score (nSPS) is 22.8. The molecule has 148 valence electrons. The smallest absolute Gasteiger partial charge is 0.244 e. The Hall–Kier alpha value is -1.78. The highest BCUT2D eigenvalue weighted by Crippen LogP contribution is 2.33. The maximum Gasteiger partial charge on any atom is 0.244 e. The van der Waals surface area contributed by atoms with Crippen molar-refractivity contribution >= 4 is 38.3 Å². The Kier molecular flexibility index (Phi) is 5.92. The predicted molar refractivity (Wildman–Crippen MR) is 107 cm³/mol. The summed E-state index contributed by atoms with van der Waals surface area (Å²) in [5, 5.41) is 20.4. The molecule has 2 N–H and O–H groups in total. The highest BCUT2D eigenvalue weighted by Gasteiger charge is 2.51.